The van der Waals surface area contributed by atoms with Gasteiger partial charge in [-0.1, -0.05) is 18.2 Å². The van der Waals surface area contributed by atoms with Crippen LogP contribution in [0.25, 0.3) is 0 Å². The molecule has 0 aliphatic carbocycles. The van der Waals surface area contributed by atoms with Gasteiger partial charge >= 0.3 is 0 Å². The average molecular weight is 341 g/mol. The summed E-state index contributed by atoms with van der Waals surface area (Å²) in [5.74, 6) is 1.68. The SMILES string of the molecule is OC1(Cn2ccnc2)CCN(C[C@H]2CCOc3ccccc3C2)CC1. The summed E-state index contributed by atoms with van der Waals surface area (Å²) < 4.78 is 7.87. The summed E-state index contributed by atoms with van der Waals surface area (Å²) in [6.07, 6.45) is 9.32. The highest BCUT2D eigenvalue weighted by atomic mass is 16.5. The molecule has 1 aromatic carbocycles. The van der Waals surface area contributed by atoms with Crippen LogP contribution in [0.4, 0.5) is 0 Å². The third-order valence-corrected chi connectivity index (χ3v) is 5.60. The number of aromatic nitrogens is 2. The molecule has 0 saturated carbocycles. The average Bonchev–Trinajstić information content (AvgIpc) is 3.02. The lowest BCUT2D eigenvalue weighted by molar-refractivity contribution is -0.0369. The summed E-state index contributed by atoms with van der Waals surface area (Å²) in [4.78, 5) is 6.58. The van der Waals surface area contributed by atoms with E-state index < -0.39 is 5.60 Å². The molecule has 25 heavy (non-hydrogen) atoms. The topological polar surface area (TPSA) is 50.5 Å². The number of piperidine rings is 1. The lowest BCUT2D eigenvalue weighted by Gasteiger charge is -2.39. The quantitative estimate of drug-likeness (QED) is 0.927. The number of aliphatic hydroxyl groups is 1. The van der Waals surface area contributed by atoms with E-state index in [0.29, 0.717) is 12.5 Å². The van der Waals surface area contributed by atoms with E-state index in [1.54, 1.807) is 12.5 Å². The summed E-state index contributed by atoms with van der Waals surface area (Å²) in [6.45, 7) is 4.47. The predicted octanol–water partition coefficient (Wildman–Crippen LogP) is 2.35. The maximum atomic E-state index is 10.8. The van der Waals surface area contributed by atoms with Crippen molar-refractivity contribution in [1.29, 1.82) is 0 Å². The summed E-state index contributed by atoms with van der Waals surface area (Å²) in [5.41, 5.74) is 0.731. The van der Waals surface area contributed by atoms with Gasteiger partial charge in [-0.15, -0.1) is 0 Å². The molecule has 5 heteroatoms. The Balaban J connectivity index is 1.31. The second-order valence-corrected chi connectivity index (χ2v) is 7.57. The molecule has 134 valence electrons. The lowest BCUT2D eigenvalue weighted by Crippen LogP contribution is -2.48. The van der Waals surface area contributed by atoms with Crippen LogP contribution in [0.2, 0.25) is 0 Å². The second kappa shape index (κ2) is 7.18. The number of ether oxygens (including phenoxy) is 1. The first kappa shape index (κ1) is 16.6. The van der Waals surface area contributed by atoms with Crippen LogP contribution in [-0.2, 0) is 13.0 Å². The Kier molecular flexibility index (Phi) is 4.77. The zero-order valence-electron chi connectivity index (χ0n) is 14.7. The van der Waals surface area contributed by atoms with Crippen LogP contribution in [-0.4, -0.2) is 51.4 Å². The molecule has 4 rings (SSSR count). The molecule has 1 saturated heterocycles. The predicted molar refractivity (Wildman–Crippen MR) is 96.6 cm³/mol. The van der Waals surface area contributed by atoms with E-state index in [9.17, 15) is 5.11 Å². The molecule has 3 heterocycles. The van der Waals surface area contributed by atoms with E-state index >= 15 is 0 Å². The fourth-order valence-corrected chi connectivity index (χ4v) is 4.11. The maximum Gasteiger partial charge on any atom is 0.122 e. The molecule has 0 amide bonds. The first-order valence-electron chi connectivity index (χ1n) is 9.31. The fourth-order valence-electron chi connectivity index (χ4n) is 4.11. The van der Waals surface area contributed by atoms with Gasteiger partial charge in [-0.2, -0.15) is 0 Å². The van der Waals surface area contributed by atoms with Gasteiger partial charge in [-0.05, 0) is 43.2 Å². The minimum atomic E-state index is -0.601. The highest BCUT2D eigenvalue weighted by Crippen LogP contribution is 2.29. The Hall–Kier alpha value is -1.85. The van der Waals surface area contributed by atoms with Crippen LogP contribution >= 0.6 is 0 Å². The van der Waals surface area contributed by atoms with Crippen LogP contribution < -0.4 is 4.74 Å². The van der Waals surface area contributed by atoms with Gasteiger partial charge in [0.25, 0.3) is 0 Å². The van der Waals surface area contributed by atoms with Crippen molar-refractivity contribution in [2.45, 2.75) is 37.8 Å². The molecule has 1 atom stereocenters. The smallest absolute Gasteiger partial charge is 0.122 e. The van der Waals surface area contributed by atoms with Crippen LogP contribution in [0.5, 0.6) is 5.75 Å². The van der Waals surface area contributed by atoms with E-state index in [1.165, 1.54) is 5.56 Å². The lowest BCUT2D eigenvalue weighted by atomic mass is 9.89. The van der Waals surface area contributed by atoms with Crippen molar-refractivity contribution in [3.05, 3.63) is 48.5 Å². The van der Waals surface area contributed by atoms with Crippen LogP contribution in [0.3, 0.4) is 0 Å². The summed E-state index contributed by atoms with van der Waals surface area (Å²) in [6, 6.07) is 8.41. The molecular formula is C20H27N3O2. The van der Waals surface area contributed by atoms with E-state index in [0.717, 1.165) is 57.7 Å². The minimum Gasteiger partial charge on any atom is -0.493 e. The van der Waals surface area contributed by atoms with Crippen molar-refractivity contribution in [3.8, 4) is 5.75 Å². The Labute approximate surface area is 149 Å². The van der Waals surface area contributed by atoms with Gasteiger partial charge < -0.3 is 19.3 Å². The summed E-state index contributed by atoms with van der Waals surface area (Å²) in [7, 11) is 0. The third kappa shape index (κ3) is 4.05. The standard InChI is InChI=1S/C20H27N3O2/c24-20(15-23-11-8-21-16-23)6-9-22(10-7-20)14-17-5-12-25-19-4-2-1-3-18(19)13-17/h1-4,8,11,16-17,24H,5-7,9-10,12-15H2/t17-/m0/s1. The van der Waals surface area contributed by atoms with E-state index in [2.05, 4.69) is 28.1 Å². The summed E-state index contributed by atoms with van der Waals surface area (Å²) in [5, 5.41) is 10.8. The van der Waals surface area contributed by atoms with Crippen LogP contribution in [0.15, 0.2) is 43.0 Å². The van der Waals surface area contributed by atoms with E-state index in [-0.39, 0.29) is 0 Å². The van der Waals surface area contributed by atoms with Gasteiger partial charge in [0, 0.05) is 32.0 Å². The maximum absolute atomic E-state index is 10.8. The molecule has 1 N–H and O–H groups in total. The van der Waals surface area contributed by atoms with Gasteiger partial charge in [0.15, 0.2) is 0 Å². The molecule has 0 bridgehead atoms. The molecule has 1 aromatic heterocycles. The molecular weight excluding hydrogens is 314 g/mol. The second-order valence-electron chi connectivity index (χ2n) is 7.57. The molecule has 0 unspecified atom stereocenters. The number of para-hydroxylation sites is 1. The third-order valence-electron chi connectivity index (χ3n) is 5.60. The first-order chi connectivity index (χ1) is 12.2. The number of benzene rings is 1. The van der Waals surface area contributed by atoms with Crippen molar-refractivity contribution < 1.29 is 9.84 Å². The molecule has 0 radical (unpaired) electrons. The van der Waals surface area contributed by atoms with Crippen molar-refractivity contribution >= 4 is 0 Å². The monoisotopic (exact) mass is 341 g/mol. The molecule has 5 nitrogen and oxygen atoms in total. The first-order valence-corrected chi connectivity index (χ1v) is 9.31. The Morgan fingerprint density at radius 1 is 1.24 bits per heavy atom. The molecule has 0 spiro atoms. The molecule has 2 aromatic rings. The Morgan fingerprint density at radius 3 is 2.88 bits per heavy atom. The van der Waals surface area contributed by atoms with Crippen molar-refractivity contribution in [2.75, 3.05) is 26.2 Å². The van der Waals surface area contributed by atoms with Crippen molar-refractivity contribution in [3.63, 3.8) is 0 Å². The highest BCUT2D eigenvalue weighted by molar-refractivity contribution is 5.34. The number of imidazole rings is 1. The fraction of sp³-hybridized carbons (Fsp3) is 0.550. The Morgan fingerprint density at radius 2 is 2.08 bits per heavy atom. The normalized spacial score (nSPS) is 23.5. The van der Waals surface area contributed by atoms with Gasteiger partial charge in [0.1, 0.15) is 5.75 Å². The van der Waals surface area contributed by atoms with Crippen LogP contribution in [0, 0.1) is 5.92 Å². The number of fused-ring (bicyclic) bond motifs is 1. The summed E-state index contributed by atoms with van der Waals surface area (Å²) >= 11 is 0. The van der Waals surface area contributed by atoms with Crippen molar-refractivity contribution in [2.24, 2.45) is 5.92 Å². The van der Waals surface area contributed by atoms with Gasteiger partial charge in [-0.3, -0.25) is 0 Å². The molecule has 1 fully saturated rings. The largest absolute Gasteiger partial charge is 0.493 e. The van der Waals surface area contributed by atoms with Gasteiger partial charge in [-0.25, -0.2) is 4.98 Å². The zero-order chi connectivity index (χ0) is 17.1. The van der Waals surface area contributed by atoms with Crippen molar-refractivity contribution in [1.82, 2.24) is 14.5 Å². The number of hydrogen-bond acceptors (Lipinski definition) is 4. The number of nitrogens with zero attached hydrogens (tertiary/aromatic N) is 3. The number of likely N-dealkylation sites (tertiary alicyclic amines) is 1. The minimum absolute atomic E-state index is 0.601. The Bertz CT molecular complexity index is 678. The van der Waals surface area contributed by atoms with E-state index in [4.69, 9.17) is 4.74 Å². The zero-order valence-corrected chi connectivity index (χ0v) is 14.7. The highest BCUT2D eigenvalue weighted by Gasteiger charge is 2.33. The van der Waals surface area contributed by atoms with Crippen LogP contribution in [0.1, 0.15) is 24.8 Å². The number of hydrogen-bond donors (Lipinski definition) is 1. The van der Waals surface area contributed by atoms with Gasteiger partial charge in [0.05, 0.1) is 25.1 Å². The van der Waals surface area contributed by atoms with E-state index in [1.807, 2.05) is 16.8 Å². The molecule has 2 aliphatic heterocycles. The molecule has 2 aliphatic rings. The van der Waals surface area contributed by atoms with Gasteiger partial charge in [0.2, 0.25) is 0 Å². The number of rotatable bonds is 4.